The Hall–Kier alpha value is -2.34. The lowest BCUT2D eigenvalue weighted by Gasteiger charge is -2.13. The van der Waals surface area contributed by atoms with Gasteiger partial charge >= 0.3 is 0 Å². The Morgan fingerprint density at radius 3 is 2.25 bits per heavy atom. The molecule has 2 aromatic carbocycles. The Labute approximate surface area is 168 Å². The van der Waals surface area contributed by atoms with Crippen LogP contribution in [0.4, 0.5) is 0 Å². The molecule has 0 saturated heterocycles. The zero-order valence-electron chi connectivity index (χ0n) is 16.9. The van der Waals surface area contributed by atoms with Crippen molar-refractivity contribution in [1.29, 1.82) is 0 Å². The molecule has 152 valence electrons. The molecule has 1 N–H and O–H groups in total. The second-order valence-corrected chi connectivity index (χ2v) is 9.92. The van der Waals surface area contributed by atoms with Crippen molar-refractivity contribution in [2.45, 2.75) is 44.3 Å². The maximum Gasteiger partial charge on any atom is 0.252 e. The molecule has 0 spiro atoms. The number of sulfone groups is 1. The number of rotatable bonds is 9. The van der Waals surface area contributed by atoms with Gasteiger partial charge in [0.2, 0.25) is 0 Å². The molecular weight excluding hydrogens is 374 g/mol. The number of nitrogens with one attached hydrogen (secondary N) is 1. The van der Waals surface area contributed by atoms with E-state index < -0.39 is 15.1 Å². The van der Waals surface area contributed by atoms with Gasteiger partial charge in [-0.25, -0.2) is 8.42 Å². The van der Waals surface area contributed by atoms with Gasteiger partial charge in [-0.3, -0.25) is 4.79 Å². The molecule has 0 saturated carbocycles. The van der Waals surface area contributed by atoms with Gasteiger partial charge in [0.05, 0.1) is 22.3 Å². The Kier molecular flexibility index (Phi) is 7.63. The Balaban J connectivity index is 1.97. The quantitative estimate of drug-likeness (QED) is 0.690. The van der Waals surface area contributed by atoms with E-state index in [0.29, 0.717) is 25.5 Å². The number of carbonyl (C=O) groups excluding carboxylic acids is 1. The molecular formula is C22H29NO4S. The zero-order chi connectivity index (χ0) is 20.7. The third kappa shape index (κ3) is 5.83. The summed E-state index contributed by atoms with van der Waals surface area (Å²) in [5.41, 5.74) is 1.26. The van der Waals surface area contributed by atoms with Crippen molar-refractivity contribution in [1.82, 2.24) is 5.32 Å². The molecule has 0 aromatic heterocycles. The fourth-order valence-electron chi connectivity index (χ4n) is 2.59. The largest absolute Gasteiger partial charge is 0.493 e. The van der Waals surface area contributed by atoms with Crippen LogP contribution in [0.1, 0.15) is 43.6 Å². The Morgan fingerprint density at radius 2 is 1.64 bits per heavy atom. The summed E-state index contributed by atoms with van der Waals surface area (Å²) in [6.07, 6.45) is 0.648. The number of benzene rings is 2. The molecule has 0 heterocycles. The fourth-order valence-corrected chi connectivity index (χ4v) is 3.83. The summed E-state index contributed by atoms with van der Waals surface area (Å²) in [5, 5.41) is 2.23. The second kappa shape index (κ2) is 9.73. The molecule has 6 heteroatoms. The maximum absolute atomic E-state index is 12.5. The van der Waals surface area contributed by atoms with Crippen LogP contribution in [-0.4, -0.2) is 32.7 Å². The number of amides is 1. The van der Waals surface area contributed by atoms with Crippen molar-refractivity contribution in [3.63, 3.8) is 0 Å². The summed E-state index contributed by atoms with van der Waals surface area (Å²) in [5.74, 6) is 0.920. The zero-order valence-corrected chi connectivity index (χ0v) is 17.8. The number of ether oxygens (including phenoxy) is 1. The average Bonchev–Trinajstić information content (AvgIpc) is 2.67. The summed E-state index contributed by atoms with van der Waals surface area (Å²) >= 11 is 0. The summed E-state index contributed by atoms with van der Waals surface area (Å²) in [6.45, 7) is 8.51. The van der Waals surface area contributed by atoms with Gasteiger partial charge in [0, 0.05) is 6.54 Å². The van der Waals surface area contributed by atoms with E-state index in [1.54, 1.807) is 32.0 Å². The summed E-state index contributed by atoms with van der Waals surface area (Å²) < 4.78 is 30.6. The van der Waals surface area contributed by atoms with Crippen molar-refractivity contribution in [3.8, 4) is 5.75 Å². The van der Waals surface area contributed by atoms with E-state index in [1.165, 1.54) is 6.07 Å². The fraction of sp³-hybridized carbons (Fsp3) is 0.409. The van der Waals surface area contributed by atoms with Crippen LogP contribution in [0.25, 0.3) is 0 Å². The molecule has 0 bridgehead atoms. The van der Waals surface area contributed by atoms with Crippen molar-refractivity contribution in [2.24, 2.45) is 5.92 Å². The predicted octanol–water partition coefficient (Wildman–Crippen LogP) is 3.88. The normalized spacial score (nSPS) is 11.6. The van der Waals surface area contributed by atoms with E-state index in [2.05, 4.69) is 19.2 Å². The van der Waals surface area contributed by atoms with Gasteiger partial charge in [-0.05, 0) is 56.0 Å². The minimum absolute atomic E-state index is 0.0779. The molecule has 0 atom stereocenters. The standard InChI is InChI=1S/C22H29NO4S/c1-16(2)15-27-19-11-9-18(10-12-19)13-14-23-22(24)20-7-5-6-8-21(20)28(25,26)17(3)4/h5-12,16-17H,13-15H2,1-4H3,(H,23,24). The maximum atomic E-state index is 12.5. The van der Waals surface area contributed by atoms with Crippen LogP contribution in [-0.2, 0) is 16.3 Å². The van der Waals surface area contributed by atoms with Gasteiger partial charge in [0.1, 0.15) is 5.75 Å². The van der Waals surface area contributed by atoms with E-state index in [0.717, 1.165) is 11.3 Å². The van der Waals surface area contributed by atoms with Gasteiger partial charge < -0.3 is 10.1 Å². The van der Waals surface area contributed by atoms with Gasteiger partial charge in [-0.1, -0.05) is 38.1 Å². The van der Waals surface area contributed by atoms with Gasteiger partial charge in [0.15, 0.2) is 9.84 Å². The van der Waals surface area contributed by atoms with E-state index in [9.17, 15) is 13.2 Å². The van der Waals surface area contributed by atoms with Gasteiger partial charge in [0.25, 0.3) is 5.91 Å². The van der Waals surface area contributed by atoms with E-state index >= 15 is 0 Å². The molecule has 0 aliphatic carbocycles. The van der Waals surface area contributed by atoms with Crippen LogP contribution >= 0.6 is 0 Å². The number of hydrogen-bond acceptors (Lipinski definition) is 4. The highest BCUT2D eigenvalue weighted by Crippen LogP contribution is 2.20. The summed E-state index contributed by atoms with van der Waals surface area (Å²) in [4.78, 5) is 12.6. The monoisotopic (exact) mass is 403 g/mol. The van der Waals surface area contributed by atoms with E-state index in [1.807, 2.05) is 24.3 Å². The molecule has 28 heavy (non-hydrogen) atoms. The molecule has 0 unspecified atom stereocenters. The van der Waals surface area contributed by atoms with Gasteiger partial charge in [-0.2, -0.15) is 0 Å². The lowest BCUT2D eigenvalue weighted by molar-refractivity contribution is 0.0951. The summed E-state index contributed by atoms with van der Waals surface area (Å²) in [7, 11) is -3.52. The smallest absolute Gasteiger partial charge is 0.252 e. The number of hydrogen-bond donors (Lipinski definition) is 1. The topological polar surface area (TPSA) is 72.5 Å². The van der Waals surface area contributed by atoms with Crippen LogP contribution in [0.5, 0.6) is 5.75 Å². The number of carbonyl (C=O) groups is 1. The van der Waals surface area contributed by atoms with Crippen LogP contribution in [0.3, 0.4) is 0 Å². The summed E-state index contributed by atoms with van der Waals surface area (Å²) in [6, 6.07) is 14.1. The highest BCUT2D eigenvalue weighted by atomic mass is 32.2. The molecule has 5 nitrogen and oxygen atoms in total. The van der Waals surface area contributed by atoms with Gasteiger partial charge in [-0.15, -0.1) is 0 Å². The van der Waals surface area contributed by atoms with Crippen molar-refractivity contribution in [2.75, 3.05) is 13.2 Å². The van der Waals surface area contributed by atoms with Crippen LogP contribution in [0, 0.1) is 5.92 Å². The van der Waals surface area contributed by atoms with Crippen LogP contribution < -0.4 is 10.1 Å². The third-order valence-electron chi connectivity index (χ3n) is 4.26. The van der Waals surface area contributed by atoms with Crippen molar-refractivity contribution in [3.05, 3.63) is 59.7 Å². The lowest BCUT2D eigenvalue weighted by Crippen LogP contribution is -2.28. The Morgan fingerprint density at radius 1 is 1.00 bits per heavy atom. The average molecular weight is 404 g/mol. The molecule has 0 radical (unpaired) electrons. The minimum Gasteiger partial charge on any atom is -0.493 e. The molecule has 0 fully saturated rings. The van der Waals surface area contributed by atoms with E-state index in [4.69, 9.17) is 4.74 Å². The first-order chi connectivity index (χ1) is 13.2. The second-order valence-electron chi connectivity index (χ2n) is 7.44. The molecule has 0 aliphatic heterocycles. The Bertz CT molecular complexity index is 887. The molecule has 1 amide bonds. The molecule has 2 aromatic rings. The van der Waals surface area contributed by atoms with Crippen LogP contribution in [0.2, 0.25) is 0 Å². The SMILES string of the molecule is CC(C)COc1ccc(CCNC(=O)c2ccccc2S(=O)(=O)C(C)C)cc1. The predicted molar refractivity (Wildman–Crippen MR) is 112 cm³/mol. The molecule has 2 rings (SSSR count). The highest BCUT2D eigenvalue weighted by Gasteiger charge is 2.24. The lowest BCUT2D eigenvalue weighted by atomic mass is 10.1. The third-order valence-corrected chi connectivity index (χ3v) is 6.47. The van der Waals surface area contributed by atoms with Crippen molar-refractivity contribution < 1.29 is 17.9 Å². The first-order valence-corrected chi connectivity index (χ1v) is 11.1. The first kappa shape index (κ1) is 22.0. The molecule has 0 aliphatic rings. The van der Waals surface area contributed by atoms with Crippen LogP contribution in [0.15, 0.2) is 53.4 Å². The van der Waals surface area contributed by atoms with E-state index in [-0.39, 0.29) is 16.4 Å². The first-order valence-electron chi connectivity index (χ1n) is 9.54. The van der Waals surface area contributed by atoms with Crippen molar-refractivity contribution >= 4 is 15.7 Å². The minimum atomic E-state index is -3.52. The highest BCUT2D eigenvalue weighted by molar-refractivity contribution is 7.92.